The average molecular weight is 289 g/mol. The van der Waals surface area contributed by atoms with E-state index in [0.29, 0.717) is 6.54 Å². The predicted molar refractivity (Wildman–Crippen MR) is 80.3 cm³/mol. The highest BCUT2D eigenvalue weighted by molar-refractivity contribution is 5.92. The van der Waals surface area contributed by atoms with E-state index < -0.39 is 11.0 Å². The fraction of sp³-hybridized carbons (Fsp3) is 0.588. The molecule has 0 heterocycles. The number of rotatable bonds is 5. The summed E-state index contributed by atoms with van der Waals surface area (Å²) >= 11 is 0. The topological polar surface area (TPSA) is 58.6 Å². The fourth-order valence-corrected chi connectivity index (χ4v) is 3.41. The van der Waals surface area contributed by atoms with Crippen molar-refractivity contribution in [2.24, 2.45) is 0 Å². The van der Waals surface area contributed by atoms with Crippen LogP contribution in [0.1, 0.15) is 44.1 Å². The van der Waals surface area contributed by atoms with Gasteiger partial charge in [0.15, 0.2) is 0 Å². The normalized spacial score (nSPS) is 21.8. The van der Waals surface area contributed by atoms with Crippen molar-refractivity contribution >= 4 is 5.91 Å². The molecule has 0 atom stereocenters. The second-order valence-electron chi connectivity index (χ2n) is 6.40. The first-order chi connectivity index (χ1) is 10.1. The average Bonchev–Trinajstić information content (AvgIpc) is 3.21. The van der Waals surface area contributed by atoms with Gasteiger partial charge >= 0.3 is 0 Å². The molecule has 2 aliphatic rings. The van der Waals surface area contributed by atoms with Gasteiger partial charge in [-0.3, -0.25) is 4.79 Å². The third-order valence-electron chi connectivity index (χ3n) is 4.92. The van der Waals surface area contributed by atoms with Gasteiger partial charge in [0.2, 0.25) is 5.91 Å². The number of carbonyl (C=O) groups excluding carboxylic acids is 1. The van der Waals surface area contributed by atoms with E-state index in [9.17, 15) is 9.90 Å². The Balaban J connectivity index is 1.72. The monoisotopic (exact) mass is 289 g/mol. The third-order valence-corrected chi connectivity index (χ3v) is 4.92. The van der Waals surface area contributed by atoms with E-state index in [1.165, 1.54) is 0 Å². The van der Waals surface area contributed by atoms with Crippen LogP contribution in [0.25, 0.3) is 0 Å². The van der Waals surface area contributed by atoms with Gasteiger partial charge in [-0.2, -0.15) is 0 Å². The van der Waals surface area contributed by atoms with Crippen LogP contribution >= 0.6 is 0 Å². The minimum Gasteiger partial charge on any atom is -0.496 e. The number of hydrogen-bond donors (Lipinski definition) is 2. The summed E-state index contributed by atoms with van der Waals surface area (Å²) in [7, 11) is 1.63. The van der Waals surface area contributed by atoms with Crippen molar-refractivity contribution in [3.63, 3.8) is 0 Å². The predicted octanol–water partition coefficient (Wildman–Crippen LogP) is 2.15. The van der Waals surface area contributed by atoms with Crippen LogP contribution < -0.4 is 10.1 Å². The van der Waals surface area contributed by atoms with Gasteiger partial charge in [0, 0.05) is 12.1 Å². The van der Waals surface area contributed by atoms with Gasteiger partial charge in [-0.05, 0) is 31.7 Å². The lowest BCUT2D eigenvalue weighted by atomic mass is 9.93. The van der Waals surface area contributed by atoms with Crippen LogP contribution in [0, 0.1) is 0 Å². The maximum absolute atomic E-state index is 12.6. The first-order valence-electron chi connectivity index (χ1n) is 7.74. The Morgan fingerprint density at radius 1 is 1.24 bits per heavy atom. The van der Waals surface area contributed by atoms with Crippen molar-refractivity contribution in [1.82, 2.24) is 5.32 Å². The van der Waals surface area contributed by atoms with E-state index in [2.05, 4.69) is 5.32 Å². The molecule has 2 saturated carbocycles. The second-order valence-corrected chi connectivity index (χ2v) is 6.40. The Morgan fingerprint density at radius 3 is 2.52 bits per heavy atom. The molecular formula is C17H23NO3. The van der Waals surface area contributed by atoms with E-state index in [4.69, 9.17) is 4.74 Å². The molecule has 0 unspecified atom stereocenters. The number of nitrogens with one attached hydrogen (secondary N) is 1. The number of amides is 1. The maximum atomic E-state index is 12.6. The Hall–Kier alpha value is -1.55. The van der Waals surface area contributed by atoms with Crippen molar-refractivity contribution < 1.29 is 14.6 Å². The second kappa shape index (κ2) is 5.34. The Morgan fingerprint density at radius 2 is 1.90 bits per heavy atom. The molecule has 2 aliphatic carbocycles. The van der Waals surface area contributed by atoms with Crippen molar-refractivity contribution in [2.45, 2.75) is 49.5 Å². The maximum Gasteiger partial charge on any atom is 0.230 e. The van der Waals surface area contributed by atoms with Crippen LogP contribution in [0.5, 0.6) is 5.75 Å². The molecule has 1 amide bonds. The Bertz CT molecular complexity index is 531. The zero-order valence-corrected chi connectivity index (χ0v) is 12.5. The van der Waals surface area contributed by atoms with Gasteiger partial charge < -0.3 is 15.2 Å². The molecule has 4 heteroatoms. The van der Waals surface area contributed by atoms with Crippen LogP contribution in [-0.2, 0) is 10.2 Å². The summed E-state index contributed by atoms with van der Waals surface area (Å²) in [5.41, 5.74) is -0.197. The SMILES string of the molecule is COc1ccccc1C1(C(=O)NCC2(O)CCCC2)CC1. The van der Waals surface area contributed by atoms with E-state index in [1.807, 2.05) is 24.3 Å². The fourth-order valence-electron chi connectivity index (χ4n) is 3.41. The standard InChI is InChI=1S/C17H23NO3/c1-21-14-7-3-2-6-13(14)17(10-11-17)15(19)18-12-16(20)8-4-5-9-16/h2-3,6-7,20H,4-5,8-12H2,1H3,(H,18,19). The lowest BCUT2D eigenvalue weighted by Gasteiger charge is -2.25. The number of hydrogen-bond acceptors (Lipinski definition) is 3. The molecule has 3 rings (SSSR count). The Kier molecular flexibility index (Phi) is 3.66. The molecule has 0 aliphatic heterocycles. The molecule has 1 aromatic carbocycles. The minimum atomic E-state index is -0.702. The molecular weight excluding hydrogens is 266 g/mol. The van der Waals surface area contributed by atoms with Gasteiger partial charge in [-0.1, -0.05) is 31.0 Å². The quantitative estimate of drug-likeness (QED) is 0.873. The van der Waals surface area contributed by atoms with Gasteiger partial charge in [0.1, 0.15) is 5.75 Å². The van der Waals surface area contributed by atoms with Crippen molar-refractivity contribution in [1.29, 1.82) is 0 Å². The van der Waals surface area contributed by atoms with Crippen molar-refractivity contribution in [2.75, 3.05) is 13.7 Å². The molecule has 0 saturated heterocycles. The van der Waals surface area contributed by atoms with Gasteiger partial charge in [-0.25, -0.2) is 0 Å². The zero-order chi connectivity index (χ0) is 14.9. The number of methoxy groups -OCH3 is 1. The summed E-state index contributed by atoms with van der Waals surface area (Å²) in [6.07, 6.45) is 5.35. The molecule has 0 radical (unpaired) electrons. The third kappa shape index (κ3) is 2.64. The first kappa shape index (κ1) is 14.4. The number of benzene rings is 1. The van der Waals surface area contributed by atoms with Crippen molar-refractivity contribution in [3.05, 3.63) is 29.8 Å². The highest BCUT2D eigenvalue weighted by Crippen LogP contribution is 2.51. The molecule has 0 bridgehead atoms. The summed E-state index contributed by atoms with van der Waals surface area (Å²) in [6, 6.07) is 7.72. The van der Waals surface area contributed by atoms with E-state index in [0.717, 1.165) is 49.8 Å². The van der Waals surface area contributed by atoms with Gasteiger partial charge in [0.25, 0.3) is 0 Å². The molecule has 2 fully saturated rings. The summed E-state index contributed by atoms with van der Waals surface area (Å²) in [5, 5.41) is 13.3. The number of ether oxygens (including phenoxy) is 1. The number of carbonyl (C=O) groups is 1. The molecule has 2 N–H and O–H groups in total. The molecule has 0 spiro atoms. The lowest BCUT2D eigenvalue weighted by Crippen LogP contribution is -2.44. The van der Waals surface area contributed by atoms with Crippen LogP contribution in [0.2, 0.25) is 0 Å². The molecule has 1 aromatic rings. The van der Waals surface area contributed by atoms with Crippen LogP contribution in [0.4, 0.5) is 0 Å². The molecule has 21 heavy (non-hydrogen) atoms. The first-order valence-corrected chi connectivity index (χ1v) is 7.74. The van der Waals surface area contributed by atoms with E-state index in [1.54, 1.807) is 7.11 Å². The Labute approximate surface area is 125 Å². The highest BCUT2D eigenvalue weighted by Gasteiger charge is 2.53. The largest absolute Gasteiger partial charge is 0.496 e. The minimum absolute atomic E-state index is 0.0207. The van der Waals surface area contributed by atoms with Crippen LogP contribution in [0.15, 0.2) is 24.3 Å². The van der Waals surface area contributed by atoms with Crippen LogP contribution in [0.3, 0.4) is 0 Å². The number of para-hydroxylation sites is 1. The highest BCUT2D eigenvalue weighted by atomic mass is 16.5. The van der Waals surface area contributed by atoms with Gasteiger partial charge in [-0.15, -0.1) is 0 Å². The summed E-state index contributed by atoms with van der Waals surface area (Å²) in [4.78, 5) is 12.6. The van der Waals surface area contributed by atoms with E-state index >= 15 is 0 Å². The molecule has 114 valence electrons. The lowest BCUT2D eigenvalue weighted by molar-refractivity contribution is -0.124. The molecule has 4 nitrogen and oxygen atoms in total. The number of aliphatic hydroxyl groups is 1. The zero-order valence-electron chi connectivity index (χ0n) is 12.5. The summed E-state index contributed by atoms with van der Waals surface area (Å²) in [6.45, 7) is 0.364. The van der Waals surface area contributed by atoms with Crippen LogP contribution in [-0.4, -0.2) is 30.3 Å². The molecule has 0 aromatic heterocycles. The van der Waals surface area contributed by atoms with Gasteiger partial charge in [0.05, 0.1) is 18.1 Å². The van der Waals surface area contributed by atoms with E-state index in [-0.39, 0.29) is 5.91 Å². The smallest absolute Gasteiger partial charge is 0.230 e. The summed E-state index contributed by atoms with van der Waals surface area (Å²) < 4.78 is 5.39. The van der Waals surface area contributed by atoms with Crippen molar-refractivity contribution in [3.8, 4) is 5.75 Å². The summed E-state index contributed by atoms with van der Waals surface area (Å²) in [5.74, 6) is 0.789.